The van der Waals surface area contributed by atoms with E-state index in [-0.39, 0.29) is 40.6 Å². The number of nitrogens with one attached hydrogen (secondary N) is 2. The zero-order valence-corrected chi connectivity index (χ0v) is 25.5. The number of imide groups is 1. The first-order valence-corrected chi connectivity index (χ1v) is 14.4. The van der Waals surface area contributed by atoms with Crippen molar-refractivity contribution in [2.24, 2.45) is 0 Å². The first-order chi connectivity index (χ1) is 21.1. The second kappa shape index (κ2) is 13.5. The van der Waals surface area contributed by atoms with Crippen LogP contribution in [-0.4, -0.2) is 47.7 Å². The number of nitrogens with zero attached hydrogens (tertiary/aromatic N) is 1. The fourth-order valence-electron chi connectivity index (χ4n) is 4.03. The molecule has 1 aliphatic heterocycles. The third-order valence-corrected chi connectivity index (χ3v) is 7.15. The lowest BCUT2D eigenvalue weighted by molar-refractivity contribution is -0.137. The van der Waals surface area contributed by atoms with E-state index in [9.17, 15) is 32.3 Å². The van der Waals surface area contributed by atoms with Crippen LogP contribution >= 0.6 is 11.8 Å². The van der Waals surface area contributed by atoms with E-state index >= 15 is 0 Å². The normalized spacial score (nSPS) is 14.9. The molecule has 14 heteroatoms. The lowest BCUT2D eigenvalue weighted by atomic mass is 10.1. The Hall–Kier alpha value is -4.72. The number of thioether (sulfide) groups is 1. The van der Waals surface area contributed by atoms with Crippen LogP contribution in [0.4, 0.5) is 34.1 Å². The quantitative estimate of drug-likeness (QED) is 0.261. The molecule has 238 valence electrons. The maximum atomic E-state index is 12.9. The van der Waals surface area contributed by atoms with Gasteiger partial charge in [0.1, 0.15) is 22.8 Å². The Labute approximate surface area is 261 Å². The topological polar surface area (TPSA) is 123 Å². The lowest BCUT2D eigenvalue weighted by Gasteiger charge is -2.26. The molecular formula is C31H30F3N3O7S. The van der Waals surface area contributed by atoms with Crippen LogP contribution in [0.25, 0.3) is 0 Å². The molecule has 0 radical (unpaired) electrons. The molecule has 0 spiro atoms. The Bertz CT molecular complexity index is 1570. The maximum absolute atomic E-state index is 12.9. The highest BCUT2D eigenvalue weighted by Gasteiger charge is 2.32. The van der Waals surface area contributed by atoms with E-state index < -0.39 is 34.6 Å². The smallest absolute Gasteiger partial charge is 0.416 e. The molecular weight excluding hydrogens is 615 g/mol. The van der Waals surface area contributed by atoms with Gasteiger partial charge in [-0.15, -0.1) is 0 Å². The summed E-state index contributed by atoms with van der Waals surface area (Å²) in [7, 11) is 1.43. The van der Waals surface area contributed by atoms with Gasteiger partial charge in [0.05, 0.1) is 22.2 Å². The van der Waals surface area contributed by atoms with E-state index in [1.807, 2.05) is 0 Å². The fraction of sp³-hybridized carbons (Fsp3) is 0.290. The van der Waals surface area contributed by atoms with Crippen molar-refractivity contribution < 1.29 is 46.6 Å². The third-order valence-electron chi connectivity index (χ3n) is 6.17. The average Bonchev–Trinajstić information content (AvgIpc) is 3.27. The van der Waals surface area contributed by atoms with Crippen molar-refractivity contribution in [3.05, 3.63) is 77.9 Å². The summed E-state index contributed by atoms with van der Waals surface area (Å²) in [5, 5.41) is 4.05. The number of ether oxygens (including phenoxy) is 3. The summed E-state index contributed by atoms with van der Waals surface area (Å²) < 4.78 is 55.6. The summed E-state index contributed by atoms with van der Waals surface area (Å²) in [5.74, 6) is -0.180. The average molecular weight is 646 g/mol. The number of halogens is 3. The van der Waals surface area contributed by atoms with E-state index in [0.29, 0.717) is 12.2 Å². The Morgan fingerprint density at radius 1 is 0.933 bits per heavy atom. The second-order valence-electron chi connectivity index (χ2n) is 10.9. The van der Waals surface area contributed by atoms with Crippen LogP contribution in [-0.2, 0) is 26.9 Å². The van der Waals surface area contributed by atoms with E-state index in [0.717, 1.165) is 34.4 Å². The fourth-order valence-corrected chi connectivity index (χ4v) is 4.89. The van der Waals surface area contributed by atoms with Gasteiger partial charge in [-0.25, -0.2) is 4.79 Å². The van der Waals surface area contributed by atoms with Crippen LogP contribution in [0.2, 0.25) is 0 Å². The Morgan fingerprint density at radius 3 is 2.13 bits per heavy atom. The number of amides is 4. The highest BCUT2D eigenvalue weighted by Crippen LogP contribution is 2.35. The molecule has 3 aromatic carbocycles. The molecule has 10 nitrogen and oxygen atoms in total. The molecule has 0 aromatic heterocycles. The van der Waals surface area contributed by atoms with Gasteiger partial charge in [0.15, 0.2) is 6.61 Å². The SMILES string of the molecule is CN(C(=O)OC(C)(C)C)c1cc(Oc2ccc(C(F)(F)F)cc2)ccc1NC(=O)COc1ccc(CC2SC(=O)NC2=O)cc1. The molecule has 2 N–H and O–H groups in total. The molecule has 1 heterocycles. The van der Waals surface area contributed by atoms with Crippen molar-refractivity contribution >= 4 is 46.3 Å². The first-order valence-electron chi connectivity index (χ1n) is 13.6. The number of rotatable bonds is 9. The minimum atomic E-state index is -4.49. The number of alkyl halides is 3. The van der Waals surface area contributed by atoms with Crippen molar-refractivity contribution in [2.45, 2.75) is 44.2 Å². The van der Waals surface area contributed by atoms with Gasteiger partial charge in [0.25, 0.3) is 11.1 Å². The van der Waals surface area contributed by atoms with Crippen molar-refractivity contribution in [1.82, 2.24) is 5.32 Å². The predicted octanol–water partition coefficient (Wildman–Crippen LogP) is 6.78. The van der Waals surface area contributed by atoms with E-state index in [4.69, 9.17) is 14.2 Å². The number of hydrogen-bond acceptors (Lipinski definition) is 8. The van der Waals surface area contributed by atoms with Crippen LogP contribution in [0.5, 0.6) is 17.2 Å². The molecule has 3 aromatic rings. The van der Waals surface area contributed by atoms with Gasteiger partial charge in [0, 0.05) is 13.1 Å². The molecule has 1 unspecified atom stereocenters. The molecule has 0 saturated carbocycles. The first kappa shape index (κ1) is 33.2. The van der Waals surface area contributed by atoms with E-state index in [1.54, 1.807) is 45.0 Å². The molecule has 1 fully saturated rings. The highest BCUT2D eigenvalue weighted by molar-refractivity contribution is 8.15. The standard InChI is InChI=1S/C31H30F3N3O7S/c1-30(2,3)44-29(41)37(4)24-16-22(43-21-11-7-19(8-12-21)31(32,33)34)13-14-23(24)35-26(38)17-42-20-9-5-18(6-10-20)15-25-27(39)36-28(40)45-25/h5-14,16,25H,15,17H2,1-4H3,(H,35,38)(H,36,39,40). The molecule has 45 heavy (non-hydrogen) atoms. The van der Waals surface area contributed by atoms with Crippen molar-refractivity contribution in [3.63, 3.8) is 0 Å². The minimum Gasteiger partial charge on any atom is -0.484 e. The molecule has 0 bridgehead atoms. The summed E-state index contributed by atoms with van der Waals surface area (Å²) in [6, 6.07) is 15.2. The molecule has 1 atom stereocenters. The van der Waals surface area contributed by atoms with Crippen LogP contribution in [0.15, 0.2) is 66.7 Å². The zero-order valence-electron chi connectivity index (χ0n) is 24.7. The number of carbonyl (C=O) groups is 4. The van der Waals surface area contributed by atoms with Gasteiger partial charge in [0.2, 0.25) is 5.91 Å². The summed E-state index contributed by atoms with van der Waals surface area (Å²) in [6.07, 6.45) is -4.86. The maximum Gasteiger partial charge on any atom is 0.416 e. The van der Waals surface area contributed by atoms with Gasteiger partial charge in [-0.2, -0.15) is 13.2 Å². The molecule has 4 amide bonds. The minimum absolute atomic E-state index is 0.129. The Morgan fingerprint density at radius 2 is 1.56 bits per heavy atom. The third kappa shape index (κ3) is 9.38. The van der Waals surface area contributed by atoms with Crippen LogP contribution in [0.1, 0.15) is 31.9 Å². The molecule has 4 rings (SSSR count). The largest absolute Gasteiger partial charge is 0.484 e. The van der Waals surface area contributed by atoms with Crippen LogP contribution < -0.4 is 25.0 Å². The Balaban J connectivity index is 1.44. The number of carbonyl (C=O) groups excluding carboxylic acids is 4. The number of benzene rings is 3. The van der Waals surface area contributed by atoms with Gasteiger partial charge in [-0.1, -0.05) is 23.9 Å². The second-order valence-corrected chi connectivity index (χ2v) is 12.1. The summed E-state index contributed by atoms with van der Waals surface area (Å²) >= 11 is 0.936. The van der Waals surface area contributed by atoms with E-state index in [1.165, 1.54) is 37.4 Å². The van der Waals surface area contributed by atoms with Gasteiger partial charge in [-0.05, 0) is 81.3 Å². The molecule has 1 aliphatic rings. The van der Waals surface area contributed by atoms with E-state index in [2.05, 4.69) is 10.6 Å². The Kier molecular flexibility index (Phi) is 9.96. The van der Waals surface area contributed by atoms with Crippen LogP contribution in [0, 0.1) is 0 Å². The zero-order chi connectivity index (χ0) is 32.9. The van der Waals surface area contributed by atoms with Crippen molar-refractivity contribution in [3.8, 4) is 17.2 Å². The lowest BCUT2D eigenvalue weighted by Crippen LogP contribution is -2.34. The highest BCUT2D eigenvalue weighted by atomic mass is 32.2. The number of hydrogen-bond donors (Lipinski definition) is 2. The van der Waals surface area contributed by atoms with Crippen LogP contribution in [0.3, 0.4) is 0 Å². The molecule has 1 saturated heterocycles. The summed E-state index contributed by atoms with van der Waals surface area (Å²) in [4.78, 5) is 50.0. The summed E-state index contributed by atoms with van der Waals surface area (Å²) in [5.41, 5.74) is -0.423. The van der Waals surface area contributed by atoms with Crippen molar-refractivity contribution in [1.29, 1.82) is 0 Å². The monoisotopic (exact) mass is 645 g/mol. The van der Waals surface area contributed by atoms with Gasteiger partial charge in [-0.3, -0.25) is 24.6 Å². The number of anilines is 2. The van der Waals surface area contributed by atoms with Crippen molar-refractivity contribution in [2.75, 3.05) is 23.9 Å². The predicted molar refractivity (Wildman–Crippen MR) is 162 cm³/mol. The van der Waals surface area contributed by atoms with Gasteiger partial charge >= 0.3 is 12.3 Å². The molecule has 0 aliphatic carbocycles. The van der Waals surface area contributed by atoms with Gasteiger partial charge < -0.3 is 19.5 Å². The summed E-state index contributed by atoms with van der Waals surface area (Å²) in [6.45, 7) is 4.70.